The van der Waals surface area contributed by atoms with Crippen molar-refractivity contribution in [2.45, 2.75) is 19.4 Å². The number of hydrogen-bond acceptors (Lipinski definition) is 2. The molecule has 1 heterocycles. The van der Waals surface area contributed by atoms with E-state index in [1.807, 2.05) is 7.05 Å². The Morgan fingerprint density at radius 1 is 1.77 bits per heavy atom. The van der Waals surface area contributed by atoms with E-state index >= 15 is 0 Å². The van der Waals surface area contributed by atoms with Crippen molar-refractivity contribution in [2.75, 3.05) is 7.05 Å². The summed E-state index contributed by atoms with van der Waals surface area (Å²) in [5.74, 6) is 0. The third-order valence-electron chi connectivity index (χ3n) is 1.86. The van der Waals surface area contributed by atoms with Gasteiger partial charge in [0.25, 0.3) is 0 Å². The summed E-state index contributed by atoms with van der Waals surface area (Å²) in [5, 5.41) is 5.40. The molecule has 0 spiro atoms. The molecule has 0 radical (unpaired) electrons. The minimum Gasteiger partial charge on any atom is -0.312 e. The molecule has 0 amide bonds. The van der Waals surface area contributed by atoms with Gasteiger partial charge in [-0.25, -0.2) is 0 Å². The molecule has 1 rings (SSSR count). The molecule has 3 heteroatoms. The average molecular weight is 260 g/mol. The topological polar surface area (TPSA) is 12.0 Å². The van der Waals surface area contributed by atoms with Gasteiger partial charge < -0.3 is 5.32 Å². The van der Waals surface area contributed by atoms with Gasteiger partial charge in [-0.1, -0.05) is 5.57 Å². The Morgan fingerprint density at radius 3 is 2.85 bits per heavy atom. The molecule has 1 nitrogen and oxygen atoms in total. The predicted octanol–water partition coefficient (Wildman–Crippen LogP) is 3.74. The molecule has 0 fully saturated rings. The highest BCUT2D eigenvalue weighted by Gasteiger charge is 2.13. The monoisotopic (exact) mass is 259 g/mol. The molecule has 0 saturated carbocycles. The van der Waals surface area contributed by atoms with Gasteiger partial charge in [-0.15, -0.1) is 17.9 Å². The van der Waals surface area contributed by atoms with E-state index in [1.165, 1.54) is 14.9 Å². The molecule has 0 bridgehead atoms. The Bertz CT molecular complexity index is 293. The minimum atomic E-state index is 0.395. The van der Waals surface area contributed by atoms with Crippen molar-refractivity contribution in [3.63, 3.8) is 0 Å². The van der Waals surface area contributed by atoms with Crippen LogP contribution in [0.5, 0.6) is 0 Å². The van der Waals surface area contributed by atoms with E-state index in [-0.39, 0.29) is 0 Å². The summed E-state index contributed by atoms with van der Waals surface area (Å²) >= 11 is 5.31. The molecule has 1 aromatic heterocycles. The van der Waals surface area contributed by atoms with Gasteiger partial charge >= 0.3 is 0 Å². The fraction of sp³-hybridized carbons (Fsp3) is 0.400. The number of halogens is 1. The molecule has 1 N–H and O–H groups in total. The summed E-state index contributed by atoms with van der Waals surface area (Å²) in [7, 11) is 1.99. The van der Waals surface area contributed by atoms with Crippen LogP contribution in [0.25, 0.3) is 0 Å². The van der Waals surface area contributed by atoms with Crippen molar-refractivity contribution in [3.8, 4) is 0 Å². The van der Waals surface area contributed by atoms with Crippen LogP contribution in [0.4, 0.5) is 0 Å². The molecule has 1 unspecified atom stereocenters. The summed E-state index contributed by atoms with van der Waals surface area (Å²) < 4.78 is 1.19. The summed E-state index contributed by atoms with van der Waals surface area (Å²) in [6.45, 7) is 5.99. The third-order valence-corrected chi connectivity index (χ3v) is 3.85. The second-order valence-corrected chi connectivity index (χ2v) is 4.94. The quantitative estimate of drug-likeness (QED) is 0.813. The first-order valence-electron chi connectivity index (χ1n) is 4.19. The maximum Gasteiger partial charge on any atom is 0.0461 e. The standard InChI is InChI=1S/C10H14BrNS/c1-7(2)6-9(12-3)10-8(11)4-5-13-10/h4-5,9,12H,1,6H2,2-3H3. The number of hydrogen-bond donors (Lipinski definition) is 1. The van der Waals surface area contributed by atoms with E-state index in [4.69, 9.17) is 0 Å². The van der Waals surface area contributed by atoms with Crippen molar-refractivity contribution < 1.29 is 0 Å². The number of rotatable bonds is 4. The molecule has 72 valence electrons. The zero-order valence-electron chi connectivity index (χ0n) is 7.93. The fourth-order valence-electron chi connectivity index (χ4n) is 1.23. The molecular weight excluding hydrogens is 246 g/mol. The maximum absolute atomic E-state index is 3.93. The molecule has 0 aliphatic heterocycles. The fourth-order valence-corrected chi connectivity index (χ4v) is 2.99. The van der Waals surface area contributed by atoms with Crippen LogP contribution in [0, 0.1) is 0 Å². The molecule has 0 aromatic carbocycles. The van der Waals surface area contributed by atoms with Crippen LogP contribution in [0.15, 0.2) is 28.1 Å². The van der Waals surface area contributed by atoms with Gasteiger partial charge in [0.2, 0.25) is 0 Å². The minimum absolute atomic E-state index is 0.395. The number of nitrogens with one attached hydrogen (secondary N) is 1. The first-order chi connectivity index (χ1) is 6.15. The second-order valence-electron chi connectivity index (χ2n) is 3.14. The van der Waals surface area contributed by atoms with Crippen molar-refractivity contribution in [2.24, 2.45) is 0 Å². The summed E-state index contributed by atoms with van der Waals surface area (Å²) in [4.78, 5) is 1.35. The highest BCUT2D eigenvalue weighted by atomic mass is 79.9. The second kappa shape index (κ2) is 4.94. The van der Waals surface area contributed by atoms with E-state index in [0.29, 0.717) is 6.04 Å². The van der Waals surface area contributed by atoms with E-state index in [0.717, 1.165) is 6.42 Å². The van der Waals surface area contributed by atoms with E-state index in [1.54, 1.807) is 11.3 Å². The summed E-state index contributed by atoms with van der Waals surface area (Å²) in [5.41, 5.74) is 1.21. The van der Waals surface area contributed by atoms with Crippen molar-refractivity contribution >= 4 is 27.3 Å². The van der Waals surface area contributed by atoms with Gasteiger partial charge in [0.15, 0.2) is 0 Å². The predicted molar refractivity (Wildman–Crippen MR) is 63.3 cm³/mol. The van der Waals surface area contributed by atoms with Crippen molar-refractivity contribution in [1.29, 1.82) is 0 Å². The molecule has 0 aliphatic rings. The lowest BCUT2D eigenvalue weighted by Gasteiger charge is -2.14. The van der Waals surface area contributed by atoms with E-state index < -0.39 is 0 Å². The Kier molecular flexibility index (Phi) is 4.16. The van der Waals surface area contributed by atoms with Crippen LogP contribution >= 0.6 is 27.3 Å². The molecule has 1 atom stereocenters. The maximum atomic E-state index is 3.93. The molecule has 0 saturated heterocycles. The van der Waals surface area contributed by atoms with Crippen LogP contribution in [0.2, 0.25) is 0 Å². The summed E-state index contributed by atoms with van der Waals surface area (Å²) in [6, 6.07) is 2.48. The average Bonchev–Trinajstić information content (AvgIpc) is 2.47. The molecule has 13 heavy (non-hydrogen) atoms. The Labute approximate surface area is 92.0 Å². The number of thiophene rings is 1. The van der Waals surface area contributed by atoms with Crippen LogP contribution in [0.1, 0.15) is 24.3 Å². The Balaban J connectivity index is 2.78. The molecule has 1 aromatic rings. The smallest absolute Gasteiger partial charge is 0.0461 e. The third kappa shape index (κ3) is 2.93. The van der Waals surface area contributed by atoms with Gasteiger partial charge in [0, 0.05) is 15.4 Å². The zero-order valence-corrected chi connectivity index (χ0v) is 10.3. The SMILES string of the molecule is C=C(C)CC(NC)c1sccc1Br. The molecule has 0 aliphatic carbocycles. The van der Waals surface area contributed by atoms with E-state index in [2.05, 4.69) is 46.2 Å². The summed E-state index contributed by atoms with van der Waals surface area (Å²) in [6.07, 6.45) is 0.996. The van der Waals surface area contributed by atoms with Gasteiger partial charge in [0.05, 0.1) is 0 Å². The molecular formula is C10H14BrNS. The van der Waals surface area contributed by atoms with Crippen LogP contribution in [0.3, 0.4) is 0 Å². The van der Waals surface area contributed by atoms with Crippen molar-refractivity contribution in [1.82, 2.24) is 5.32 Å². The normalized spacial score (nSPS) is 12.8. The largest absolute Gasteiger partial charge is 0.312 e. The van der Waals surface area contributed by atoms with Gasteiger partial charge in [0.1, 0.15) is 0 Å². The lowest BCUT2D eigenvalue weighted by Crippen LogP contribution is -2.15. The first kappa shape index (κ1) is 11.0. The van der Waals surface area contributed by atoms with Crippen LogP contribution in [-0.4, -0.2) is 7.05 Å². The lowest BCUT2D eigenvalue weighted by atomic mass is 10.1. The van der Waals surface area contributed by atoms with Crippen LogP contribution < -0.4 is 5.32 Å². The van der Waals surface area contributed by atoms with Crippen LogP contribution in [-0.2, 0) is 0 Å². The lowest BCUT2D eigenvalue weighted by molar-refractivity contribution is 0.598. The van der Waals surface area contributed by atoms with Gasteiger partial charge in [-0.3, -0.25) is 0 Å². The zero-order chi connectivity index (χ0) is 9.84. The van der Waals surface area contributed by atoms with Gasteiger partial charge in [-0.2, -0.15) is 0 Å². The van der Waals surface area contributed by atoms with Crippen molar-refractivity contribution in [3.05, 3.63) is 32.9 Å². The first-order valence-corrected chi connectivity index (χ1v) is 5.87. The van der Waals surface area contributed by atoms with E-state index in [9.17, 15) is 0 Å². The highest BCUT2D eigenvalue weighted by molar-refractivity contribution is 9.10. The highest BCUT2D eigenvalue weighted by Crippen LogP contribution is 2.31. The Morgan fingerprint density at radius 2 is 2.46 bits per heavy atom. The van der Waals surface area contributed by atoms with Gasteiger partial charge in [-0.05, 0) is 47.8 Å². The Hall–Kier alpha value is -0.120.